The molecule has 1 saturated heterocycles. The minimum atomic E-state index is -3.59. The summed E-state index contributed by atoms with van der Waals surface area (Å²) < 4.78 is 26.9. The Morgan fingerprint density at radius 3 is 2.83 bits per heavy atom. The predicted molar refractivity (Wildman–Crippen MR) is 65.2 cm³/mol. The minimum Gasteiger partial charge on any atom is -0.315 e. The lowest BCUT2D eigenvalue weighted by Gasteiger charge is -2.23. The van der Waals surface area contributed by atoms with Crippen molar-refractivity contribution in [2.75, 3.05) is 13.1 Å². The van der Waals surface area contributed by atoms with E-state index in [4.69, 9.17) is 5.26 Å². The monoisotopic (exact) mass is 266 g/mol. The van der Waals surface area contributed by atoms with Crippen LogP contribution in [0.1, 0.15) is 19.0 Å². The van der Waals surface area contributed by atoms with E-state index in [0.717, 1.165) is 13.0 Å². The predicted octanol–water partition coefficient (Wildman–Crippen LogP) is -0.0164. The Hall–Kier alpha value is -1.49. The van der Waals surface area contributed by atoms with E-state index in [-0.39, 0.29) is 10.6 Å². The maximum Gasteiger partial charge on any atom is 0.242 e. The molecule has 0 saturated carbocycles. The molecule has 0 aromatic carbocycles. The van der Waals surface area contributed by atoms with Crippen LogP contribution in [0.4, 0.5) is 0 Å². The van der Waals surface area contributed by atoms with Crippen LogP contribution in [0.15, 0.2) is 23.2 Å². The number of hydrogen-bond donors (Lipinski definition) is 2. The van der Waals surface area contributed by atoms with Gasteiger partial charge >= 0.3 is 0 Å². The first-order valence-electron chi connectivity index (χ1n) is 5.56. The molecule has 2 rings (SSSR count). The Morgan fingerprint density at radius 2 is 2.33 bits per heavy atom. The highest BCUT2D eigenvalue weighted by Crippen LogP contribution is 2.18. The average molecular weight is 266 g/mol. The molecule has 6 nitrogen and oxygen atoms in total. The first-order valence-corrected chi connectivity index (χ1v) is 7.04. The third kappa shape index (κ3) is 2.67. The van der Waals surface area contributed by atoms with E-state index in [0.29, 0.717) is 6.54 Å². The van der Waals surface area contributed by atoms with Crippen molar-refractivity contribution in [2.45, 2.75) is 23.8 Å². The van der Waals surface area contributed by atoms with Gasteiger partial charge in [-0.2, -0.15) is 5.26 Å². The van der Waals surface area contributed by atoms with Gasteiger partial charge in [0.1, 0.15) is 16.7 Å². The second-order valence-corrected chi connectivity index (χ2v) is 6.27. The van der Waals surface area contributed by atoms with Crippen molar-refractivity contribution in [1.29, 1.82) is 5.26 Å². The fourth-order valence-electron chi connectivity index (χ4n) is 1.89. The molecule has 0 aliphatic carbocycles. The zero-order chi connectivity index (χ0) is 13.2. The van der Waals surface area contributed by atoms with Gasteiger partial charge in [-0.05, 0) is 32.0 Å². The van der Waals surface area contributed by atoms with Crippen LogP contribution in [-0.2, 0) is 10.0 Å². The lowest BCUT2D eigenvalue weighted by molar-refractivity contribution is 0.452. The van der Waals surface area contributed by atoms with Gasteiger partial charge < -0.3 is 5.32 Å². The van der Waals surface area contributed by atoms with Gasteiger partial charge in [0, 0.05) is 18.3 Å². The number of nitriles is 1. The lowest BCUT2D eigenvalue weighted by atomic mass is 10.0. The molecule has 1 atom stereocenters. The van der Waals surface area contributed by atoms with Crippen LogP contribution >= 0.6 is 0 Å². The van der Waals surface area contributed by atoms with E-state index < -0.39 is 15.6 Å². The zero-order valence-corrected chi connectivity index (χ0v) is 10.8. The molecule has 0 spiro atoms. The van der Waals surface area contributed by atoms with E-state index in [1.165, 1.54) is 18.3 Å². The van der Waals surface area contributed by atoms with E-state index in [2.05, 4.69) is 15.0 Å². The quantitative estimate of drug-likeness (QED) is 0.802. The normalized spacial score (nSPS) is 23.8. The average Bonchev–Trinajstić information content (AvgIpc) is 2.75. The summed E-state index contributed by atoms with van der Waals surface area (Å²) in [6.07, 6.45) is 1.95. The fraction of sp³-hybridized carbons (Fsp3) is 0.455. The van der Waals surface area contributed by atoms with Crippen molar-refractivity contribution in [3.63, 3.8) is 0 Å². The molecule has 0 amide bonds. The number of nitrogens with zero attached hydrogens (tertiary/aromatic N) is 2. The van der Waals surface area contributed by atoms with Gasteiger partial charge in [0.25, 0.3) is 0 Å². The van der Waals surface area contributed by atoms with E-state index in [1.807, 2.05) is 13.0 Å². The standard InChI is InChI=1S/C11H14N4O2S/c1-11(4-5-13-8-11)15-18(16,17)10-3-2-9(6-12)14-7-10/h2-3,7,13,15H,4-5,8H2,1H3. The van der Waals surface area contributed by atoms with Crippen LogP contribution in [0.2, 0.25) is 0 Å². The third-order valence-corrected chi connectivity index (χ3v) is 4.53. The Labute approximate surface area is 106 Å². The van der Waals surface area contributed by atoms with Gasteiger partial charge in [-0.25, -0.2) is 18.1 Å². The number of hydrogen-bond acceptors (Lipinski definition) is 5. The number of aromatic nitrogens is 1. The van der Waals surface area contributed by atoms with Crippen molar-refractivity contribution in [2.24, 2.45) is 0 Å². The van der Waals surface area contributed by atoms with Crippen molar-refractivity contribution in [1.82, 2.24) is 15.0 Å². The summed E-state index contributed by atoms with van der Waals surface area (Å²) in [6.45, 7) is 3.27. The summed E-state index contributed by atoms with van der Waals surface area (Å²) in [5.41, 5.74) is -0.269. The van der Waals surface area contributed by atoms with Crippen LogP contribution in [0.25, 0.3) is 0 Å². The molecule has 2 N–H and O–H groups in total. The Kier molecular flexibility index (Phi) is 3.34. The highest BCUT2D eigenvalue weighted by atomic mass is 32.2. The first kappa shape index (κ1) is 13.0. The van der Waals surface area contributed by atoms with Crippen molar-refractivity contribution in [3.8, 4) is 6.07 Å². The number of pyridine rings is 1. The topological polar surface area (TPSA) is 94.9 Å². The highest BCUT2D eigenvalue weighted by Gasteiger charge is 2.33. The van der Waals surface area contributed by atoms with Gasteiger partial charge in [0.2, 0.25) is 10.0 Å². The summed E-state index contributed by atoms with van der Waals surface area (Å²) >= 11 is 0. The second-order valence-electron chi connectivity index (χ2n) is 4.58. The summed E-state index contributed by atoms with van der Waals surface area (Å²) in [6, 6.07) is 4.63. The van der Waals surface area contributed by atoms with Gasteiger partial charge in [-0.1, -0.05) is 0 Å². The van der Waals surface area contributed by atoms with Gasteiger partial charge in [0.05, 0.1) is 0 Å². The van der Waals surface area contributed by atoms with Crippen molar-refractivity contribution < 1.29 is 8.42 Å². The maximum absolute atomic E-state index is 12.1. The van der Waals surface area contributed by atoms with E-state index >= 15 is 0 Å². The summed E-state index contributed by atoms with van der Waals surface area (Å²) in [5, 5.41) is 11.7. The Morgan fingerprint density at radius 1 is 1.56 bits per heavy atom. The number of sulfonamides is 1. The summed E-state index contributed by atoms with van der Waals surface area (Å²) in [7, 11) is -3.59. The molecule has 1 fully saturated rings. The molecule has 1 aromatic rings. The lowest BCUT2D eigenvalue weighted by Crippen LogP contribution is -2.47. The molecule has 1 aliphatic rings. The highest BCUT2D eigenvalue weighted by molar-refractivity contribution is 7.89. The molecule has 1 aromatic heterocycles. The molecule has 96 valence electrons. The van der Waals surface area contributed by atoms with Gasteiger partial charge in [-0.15, -0.1) is 0 Å². The summed E-state index contributed by atoms with van der Waals surface area (Å²) in [5.74, 6) is 0. The first-order chi connectivity index (χ1) is 8.45. The van der Waals surface area contributed by atoms with E-state index in [9.17, 15) is 8.42 Å². The number of rotatable bonds is 3. The second kappa shape index (κ2) is 4.65. The molecule has 7 heteroatoms. The molecule has 18 heavy (non-hydrogen) atoms. The zero-order valence-electron chi connectivity index (χ0n) is 9.97. The van der Waals surface area contributed by atoms with Crippen LogP contribution < -0.4 is 10.0 Å². The fourth-order valence-corrected chi connectivity index (χ4v) is 3.27. The SMILES string of the molecule is CC1(NS(=O)(=O)c2ccc(C#N)nc2)CCNC1. The smallest absolute Gasteiger partial charge is 0.242 e. The Bertz CT molecular complexity index is 568. The van der Waals surface area contributed by atoms with Crippen LogP contribution in [0.3, 0.4) is 0 Å². The van der Waals surface area contributed by atoms with Crippen LogP contribution in [0, 0.1) is 11.3 Å². The molecule has 2 heterocycles. The van der Waals surface area contributed by atoms with E-state index in [1.54, 1.807) is 0 Å². The maximum atomic E-state index is 12.1. The van der Waals surface area contributed by atoms with Gasteiger partial charge in [-0.3, -0.25) is 0 Å². The summed E-state index contributed by atoms with van der Waals surface area (Å²) in [4.78, 5) is 3.84. The molecule has 1 aliphatic heterocycles. The number of nitrogens with one attached hydrogen (secondary N) is 2. The Balaban J connectivity index is 2.22. The molecular formula is C11H14N4O2S. The molecule has 1 unspecified atom stereocenters. The van der Waals surface area contributed by atoms with Crippen LogP contribution in [0.5, 0.6) is 0 Å². The van der Waals surface area contributed by atoms with Crippen LogP contribution in [-0.4, -0.2) is 32.0 Å². The van der Waals surface area contributed by atoms with Crippen molar-refractivity contribution >= 4 is 10.0 Å². The molecule has 0 radical (unpaired) electrons. The molecule has 0 bridgehead atoms. The van der Waals surface area contributed by atoms with Gasteiger partial charge in [0.15, 0.2) is 0 Å². The van der Waals surface area contributed by atoms with Crippen molar-refractivity contribution in [3.05, 3.63) is 24.0 Å². The third-order valence-electron chi connectivity index (χ3n) is 2.91. The largest absolute Gasteiger partial charge is 0.315 e. The minimum absolute atomic E-state index is 0.0784. The molecular weight excluding hydrogens is 252 g/mol.